The standard InChI is InChI=1S/C18H22N6O3S2/c1-23(29(2,25)26)11-13-9-14-16(28-13)18(24-5-7-27-8-6-24)22-17(21-14)12-3-4-15(19)20-10-12/h3-4,9-10H,5-8,11H2,1-2H3,(H2,19,20). The number of rotatable bonds is 5. The molecule has 0 unspecified atom stereocenters. The van der Waals surface area contributed by atoms with E-state index in [1.165, 1.54) is 21.9 Å². The van der Waals surface area contributed by atoms with Gasteiger partial charge in [0, 0.05) is 43.3 Å². The summed E-state index contributed by atoms with van der Waals surface area (Å²) in [5.41, 5.74) is 7.26. The normalized spacial score (nSPS) is 15.3. The molecule has 2 N–H and O–H groups in total. The minimum absolute atomic E-state index is 0.293. The van der Waals surface area contributed by atoms with Gasteiger partial charge in [-0.1, -0.05) is 0 Å². The second kappa shape index (κ2) is 7.82. The van der Waals surface area contributed by atoms with E-state index >= 15 is 0 Å². The van der Waals surface area contributed by atoms with Crippen molar-refractivity contribution in [1.82, 2.24) is 19.3 Å². The molecule has 1 saturated heterocycles. The molecule has 0 spiro atoms. The zero-order chi connectivity index (χ0) is 20.6. The van der Waals surface area contributed by atoms with Gasteiger partial charge >= 0.3 is 0 Å². The Morgan fingerprint density at radius 3 is 2.69 bits per heavy atom. The molecule has 1 aliphatic rings. The van der Waals surface area contributed by atoms with Gasteiger partial charge in [-0.2, -0.15) is 0 Å². The molecular formula is C18H22N6O3S2. The molecule has 3 aromatic heterocycles. The number of nitrogens with zero attached hydrogens (tertiary/aromatic N) is 5. The fraction of sp³-hybridized carbons (Fsp3) is 0.389. The fourth-order valence-corrected chi connectivity index (χ4v) is 4.66. The third-order valence-electron chi connectivity index (χ3n) is 4.70. The van der Waals surface area contributed by atoms with Crippen LogP contribution in [-0.4, -0.2) is 67.3 Å². The summed E-state index contributed by atoms with van der Waals surface area (Å²) in [6, 6.07) is 5.50. The third kappa shape index (κ3) is 4.32. The molecule has 3 aromatic rings. The van der Waals surface area contributed by atoms with Crippen molar-refractivity contribution in [2.75, 3.05) is 50.2 Å². The van der Waals surface area contributed by atoms with E-state index in [4.69, 9.17) is 20.4 Å². The molecule has 29 heavy (non-hydrogen) atoms. The lowest BCUT2D eigenvalue weighted by Crippen LogP contribution is -2.36. The Morgan fingerprint density at radius 1 is 1.28 bits per heavy atom. The topological polar surface area (TPSA) is 115 Å². The number of hydrogen-bond donors (Lipinski definition) is 1. The quantitative estimate of drug-likeness (QED) is 0.643. The summed E-state index contributed by atoms with van der Waals surface area (Å²) in [6.45, 7) is 3.05. The van der Waals surface area contributed by atoms with Gasteiger partial charge < -0.3 is 15.4 Å². The van der Waals surface area contributed by atoms with Crippen LogP contribution >= 0.6 is 11.3 Å². The zero-order valence-electron chi connectivity index (χ0n) is 16.2. The number of fused-ring (bicyclic) bond motifs is 1. The van der Waals surface area contributed by atoms with E-state index in [2.05, 4.69) is 9.88 Å². The van der Waals surface area contributed by atoms with E-state index in [0.717, 1.165) is 39.6 Å². The SMILES string of the molecule is CN(Cc1cc2nc(-c3ccc(N)nc3)nc(N3CCOCC3)c2s1)S(C)(=O)=O. The van der Waals surface area contributed by atoms with E-state index < -0.39 is 10.0 Å². The molecule has 0 bridgehead atoms. The molecule has 0 aromatic carbocycles. The fourth-order valence-electron chi connectivity index (χ4n) is 3.04. The summed E-state index contributed by atoms with van der Waals surface area (Å²) in [6.07, 6.45) is 2.86. The van der Waals surface area contributed by atoms with E-state index in [9.17, 15) is 8.42 Å². The molecule has 1 aliphatic heterocycles. The van der Waals surface area contributed by atoms with Gasteiger partial charge in [0.25, 0.3) is 0 Å². The highest BCUT2D eigenvalue weighted by molar-refractivity contribution is 7.88. The largest absolute Gasteiger partial charge is 0.384 e. The monoisotopic (exact) mass is 434 g/mol. The van der Waals surface area contributed by atoms with Crippen LogP contribution in [0.4, 0.5) is 11.6 Å². The van der Waals surface area contributed by atoms with Crippen LogP contribution in [0.1, 0.15) is 4.88 Å². The van der Waals surface area contributed by atoms with Crippen molar-refractivity contribution in [2.24, 2.45) is 0 Å². The van der Waals surface area contributed by atoms with Gasteiger partial charge in [0.15, 0.2) is 11.6 Å². The molecule has 4 heterocycles. The van der Waals surface area contributed by atoms with E-state index in [0.29, 0.717) is 31.4 Å². The van der Waals surface area contributed by atoms with E-state index in [1.807, 2.05) is 12.1 Å². The van der Waals surface area contributed by atoms with E-state index in [-0.39, 0.29) is 0 Å². The molecule has 0 radical (unpaired) electrons. The Balaban J connectivity index is 1.80. The van der Waals surface area contributed by atoms with Crippen molar-refractivity contribution in [3.05, 3.63) is 29.3 Å². The highest BCUT2D eigenvalue weighted by Crippen LogP contribution is 2.35. The number of hydrogen-bond acceptors (Lipinski definition) is 9. The van der Waals surface area contributed by atoms with Gasteiger partial charge in [0.2, 0.25) is 10.0 Å². The summed E-state index contributed by atoms with van der Waals surface area (Å²) in [4.78, 5) is 16.8. The second-order valence-electron chi connectivity index (χ2n) is 6.89. The van der Waals surface area contributed by atoms with Crippen LogP contribution in [0.2, 0.25) is 0 Å². The number of anilines is 2. The molecule has 0 amide bonds. The molecule has 0 aliphatic carbocycles. The molecule has 1 fully saturated rings. The average molecular weight is 435 g/mol. The minimum atomic E-state index is -3.27. The predicted octanol–water partition coefficient (Wildman–Crippen LogP) is 1.56. The summed E-state index contributed by atoms with van der Waals surface area (Å²) in [5, 5.41) is 0. The molecule has 4 rings (SSSR count). The lowest BCUT2D eigenvalue weighted by molar-refractivity contribution is 0.122. The first-order chi connectivity index (χ1) is 13.8. The number of pyridine rings is 1. The number of nitrogens with two attached hydrogens (primary N) is 1. The van der Waals surface area contributed by atoms with Crippen LogP contribution in [0.15, 0.2) is 24.4 Å². The predicted molar refractivity (Wildman–Crippen MR) is 114 cm³/mol. The Morgan fingerprint density at radius 2 is 2.03 bits per heavy atom. The van der Waals surface area contributed by atoms with Crippen molar-refractivity contribution < 1.29 is 13.2 Å². The van der Waals surface area contributed by atoms with Crippen molar-refractivity contribution in [3.8, 4) is 11.4 Å². The highest BCUT2D eigenvalue weighted by Gasteiger charge is 2.21. The number of aromatic nitrogens is 3. The maximum atomic E-state index is 11.8. The van der Waals surface area contributed by atoms with Crippen LogP contribution in [0, 0.1) is 0 Å². The van der Waals surface area contributed by atoms with Gasteiger partial charge in [-0.15, -0.1) is 11.3 Å². The van der Waals surface area contributed by atoms with E-state index in [1.54, 1.807) is 19.3 Å². The van der Waals surface area contributed by atoms with Crippen molar-refractivity contribution in [1.29, 1.82) is 0 Å². The summed E-state index contributed by atoms with van der Waals surface area (Å²) in [7, 11) is -1.70. The van der Waals surface area contributed by atoms with Gasteiger partial charge in [-0.3, -0.25) is 0 Å². The zero-order valence-corrected chi connectivity index (χ0v) is 17.8. The van der Waals surface area contributed by atoms with Crippen LogP contribution in [0.25, 0.3) is 21.6 Å². The lowest BCUT2D eigenvalue weighted by Gasteiger charge is -2.28. The Kier molecular flexibility index (Phi) is 5.38. The smallest absolute Gasteiger partial charge is 0.211 e. The first-order valence-electron chi connectivity index (χ1n) is 9.07. The van der Waals surface area contributed by atoms with Crippen LogP contribution in [0.5, 0.6) is 0 Å². The molecule has 0 atom stereocenters. The first kappa shape index (κ1) is 20.0. The van der Waals surface area contributed by atoms with Crippen molar-refractivity contribution >= 4 is 43.2 Å². The average Bonchev–Trinajstić information content (AvgIpc) is 3.10. The lowest BCUT2D eigenvalue weighted by atomic mass is 10.2. The van der Waals surface area contributed by atoms with Crippen molar-refractivity contribution in [3.63, 3.8) is 0 Å². The Labute approximate surface area is 173 Å². The third-order valence-corrected chi connectivity index (χ3v) is 7.07. The van der Waals surface area contributed by atoms with Crippen molar-refractivity contribution in [2.45, 2.75) is 6.54 Å². The number of thiophene rings is 1. The number of sulfonamides is 1. The molecular weight excluding hydrogens is 412 g/mol. The highest BCUT2D eigenvalue weighted by atomic mass is 32.2. The number of morpholine rings is 1. The molecule has 154 valence electrons. The summed E-state index contributed by atoms with van der Waals surface area (Å²) in [5.74, 6) is 1.83. The molecule has 9 nitrogen and oxygen atoms in total. The first-order valence-corrected chi connectivity index (χ1v) is 11.7. The minimum Gasteiger partial charge on any atom is -0.384 e. The second-order valence-corrected chi connectivity index (χ2v) is 10.1. The number of nitrogen functional groups attached to an aromatic ring is 1. The maximum Gasteiger partial charge on any atom is 0.211 e. The van der Waals surface area contributed by atoms with Crippen LogP contribution < -0.4 is 10.6 Å². The Bertz CT molecular complexity index is 1120. The summed E-state index contributed by atoms with van der Waals surface area (Å²) >= 11 is 1.52. The molecule has 11 heteroatoms. The maximum absolute atomic E-state index is 11.8. The van der Waals surface area contributed by atoms with Crippen LogP contribution in [0.3, 0.4) is 0 Å². The van der Waals surface area contributed by atoms with Gasteiger partial charge in [0.05, 0.1) is 29.7 Å². The van der Waals surface area contributed by atoms with Crippen LogP contribution in [-0.2, 0) is 21.3 Å². The van der Waals surface area contributed by atoms with Gasteiger partial charge in [0.1, 0.15) is 5.82 Å². The number of ether oxygens (including phenoxy) is 1. The van der Waals surface area contributed by atoms with Gasteiger partial charge in [-0.25, -0.2) is 27.7 Å². The Hall–Kier alpha value is -2.34. The molecule has 0 saturated carbocycles. The van der Waals surface area contributed by atoms with Gasteiger partial charge in [-0.05, 0) is 18.2 Å². The summed E-state index contributed by atoms with van der Waals surface area (Å²) < 4.78 is 31.3.